The molecule has 1 aromatic rings. The summed E-state index contributed by atoms with van der Waals surface area (Å²) in [6, 6.07) is 6.81. The number of benzene rings is 1. The molecule has 1 aromatic carbocycles. The van der Waals surface area contributed by atoms with E-state index in [4.69, 9.17) is 5.21 Å². The summed E-state index contributed by atoms with van der Waals surface area (Å²) in [5, 5.41) is 17.0. The lowest BCUT2D eigenvalue weighted by atomic mass is 10.1. The third-order valence-electron chi connectivity index (χ3n) is 2.05. The Morgan fingerprint density at radius 2 is 2.00 bits per heavy atom. The van der Waals surface area contributed by atoms with E-state index < -0.39 is 0 Å². The number of nitrogens with zero attached hydrogens (tertiary/aromatic N) is 1. The van der Waals surface area contributed by atoms with Crippen molar-refractivity contribution in [2.24, 2.45) is 5.16 Å². The minimum absolute atomic E-state index is 0.234. The van der Waals surface area contributed by atoms with E-state index in [-0.39, 0.29) is 6.03 Å². The van der Waals surface area contributed by atoms with Crippen molar-refractivity contribution in [3.63, 3.8) is 0 Å². The highest BCUT2D eigenvalue weighted by atomic mass is 16.4. The fourth-order valence-electron chi connectivity index (χ4n) is 1.19. The molecule has 0 aliphatic heterocycles. The normalized spacial score (nSPS) is 11.0. The van der Waals surface area contributed by atoms with E-state index in [1.807, 2.05) is 6.92 Å². The molecule has 1 rings (SSSR count). The van der Waals surface area contributed by atoms with Gasteiger partial charge in [-0.2, -0.15) is 0 Å². The number of rotatable bonds is 3. The van der Waals surface area contributed by atoms with Crippen LogP contribution in [-0.2, 0) is 0 Å². The van der Waals surface area contributed by atoms with Gasteiger partial charge < -0.3 is 15.8 Å². The van der Waals surface area contributed by atoms with E-state index in [1.54, 1.807) is 31.2 Å². The fourth-order valence-corrected chi connectivity index (χ4v) is 1.19. The van der Waals surface area contributed by atoms with Crippen LogP contribution in [0.3, 0.4) is 0 Å². The molecular formula is C11H15N3O2. The number of carbonyl (C=O) groups is 1. The van der Waals surface area contributed by atoms with Crippen molar-refractivity contribution < 1.29 is 10.0 Å². The molecule has 0 radical (unpaired) electrons. The number of carbonyl (C=O) groups excluding carboxylic acids is 1. The van der Waals surface area contributed by atoms with Gasteiger partial charge in [-0.25, -0.2) is 4.79 Å². The zero-order valence-electron chi connectivity index (χ0n) is 9.32. The molecule has 0 heterocycles. The molecule has 0 fully saturated rings. The second kappa shape index (κ2) is 5.75. The number of nitrogens with one attached hydrogen (secondary N) is 2. The molecule has 0 saturated carbocycles. The number of anilines is 1. The molecule has 0 bridgehead atoms. The second-order valence-electron chi connectivity index (χ2n) is 3.25. The van der Waals surface area contributed by atoms with Crippen LogP contribution in [0.5, 0.6) is 0 Å². The summed E-state index contributed by atoms with van der Waals surface area (Å²) in [6.07, 6.45) is 0. The molecule has 5 nitrogen and oxygen atoms in total. The highest BCUT2D eigenvalue weighted by Gasteiger charge is 2.01. The average Bonchev–Trinajstić information content (AvgIpc) is 2.29. The van der Waals surface area contributed by atoms with Crippen molar-refractivity contribution in [3.8, 4) is 0 Å². The highest BCUT2D eigenvalue weighted by Crippen LogP contribution is 2.10. The van der Waals surface area contributed by atoms with Gasteiger partial charge in [0.2, 0.25) is 0 Å². The van der Waals surface area contributed by atoms with Crippen molar-refractivity contribution in [1.29, 1.82) is 0 Å². The van der Waals surface area contributed by atoms with E-state index in [1.165, 1.54) is 0 Å². The van der Waals surface area contributed by atoms with E-state index in [2.05, 4.69) is 15.8 Å². The Kier molecular flexibility index (Phi) is 4.32. The zero-order chi connectivity index (χ0) is 12.0. The molecule has 0 aromatic heterocycles. The van der Waals surface area contributed by atoms with E-state index >= 15 is 0 Å². The number of amides is 2. The molecule has 0 unspecified atom stereocenters. The van der Waals surface area contributed by atoms with Gasteiger partial charge in [0.05, 0.1) is 5.71 Å². The maximum absolute atomic E-state index is 11.2. The topological polar surface area (TPSA) is 73.7 Å². The van der Waals surface area contributed by atoms with E-state index in [0.717, 1.165) is 5.56 Å². The summed E-state index contributed by atoms with van der Waals surface area (Å²) in [4.78, 5) is 11.2. The summed E-state index contributed by atoms with van der Waals surface area (Å²) in [6.45, 7) is 4.14. The maximum atomic E-state index is 11.2. The minimum atomic E-state index is -0.234. The molecule has 2 amide bonds. The van der Waals surface area contributed by atoms with Crippen LogP contribution in [0.4, 0.5) is 10.5 Å². The highest BCUT2D eigenvalue weighted by molar-refractivity contribution is 5.99. The third-order valence-corrected chi connectivity index (χ3v) is 2.05. The van der Waals surface area contributed by atoms with Gasteiger partial charge in [-0.15, -0.1) is 0 Å². The zero-order valence-corrected chi connectivity index (χ0v) is 9.32. The van der Waals surface area contributed by atoms with Gasteiger partial charge in [0.1, 0.15) is 0 Å². The number of oxime groups is 1. The number of urea groups is 1. The first-order valence-electron chi connectivity index (χ1n) is 5.01. The van der Waals surface area contributed by atoms with Crippen LogP contribution in [0.2, 0.25) is 0 Å². The van der Waals surface area contributed by atoms with Gasteiger partial charge in [-0.3, -0.25) is 0 Å². The lowest BCUT2D eigenvalue weighted by molar-refractivity contribution is 0.252. The predicted octanol–water partition coefficient (Wildman–Crippen LogP) is 2.03. The second-order valence-corrected chi connectivity index (χ2v) is 3.25. The van der Waals surface area contributed by atoms with Crippen LogP contribution < -0.4 is 10.6 Å². The molecule has 16 heavy (non-hydrogen) atoms. The predicted molar refractivity (Wildman–Crippen MR) is 63.1 cm³/mol. The summed E-state index contributed by atoms with van der Waals surface area (Å²) in [5.74, 6) is 0. The first-order chi connectivity index (χ1) is 7.67. The van der Waals surface area contributed by atoms with Crippen molar-refractivity contribution >= 4 is 17.4 Å². The summed E-state index contributed by atoms with van der Waals surface area (Å²) < 4.78 is 0. The first-order valence-corrected chi connectivity index (χ1v) is 5.01. The Morgan fingerprint density at radius 1 is 1.38 bits per heavy atom. The maximum Gasteiger partial charge on any atom is 0.319 e. The minimum Gasteiger partial charge on any atom is -0.411 e. The van der Waals surface area contributed by atoms with Crippen LogP contribution >= 0.6 is 0 Å². The van der Waals surface area contributed by atoms with Crippen LogP contribution in [0.15, 0.2) is 29.4 Å². The first kappa shape index (κ1) is 12.0. The smallest absolute Gasteiger partial charge is 0.319 e. The molecule has 0 aliphatic rings. The van der Waals surface area contributed by atoms with Crippen LogP contribution in [0, 0.1) is 0 Å². The summed E-state index contributed by atoms with van der Waals surface area (Å²) in [5.41, 5.74) is 2.04. The van der Waals surface area contributed by atoms with Crippen LogP contribution in [0.25, 0.3) is 0 Å². The lowest BCUT2D eigenvalue weighted by Gasteiger charge is -2.06. The average molecular weight is 221 g/mol. The summed E-state index contributed by atoms with van der Waals surface area (Å²) >= 11 is 0. The van der Waals surface area contributed by atoms with Gasteiger partial charge in [0.25, 0.3) is 0 Å². The molecule has 5 heteroatoms. The molecule has 86 valence electrons. The van der Waals surface area contributed by atoms with Gasteiger partial charge >= 0.3 is 6.03 Å². The monoisotopic (exact) mass is 221 g/mol. The van der Waals surface area contributed by atoms with E-state index in [9.17, 15) is 4.79 Å². The molecule has 3 N–H and O–H groups in total. The third kappa shape index (κ3) is 3.27. The lowest BCUT2D eigenvalue weighted by Crippen LogP contribution is -2.28. The Labute approximate surface area is 94.2 Å². The van der Waals surface area contributed by atoms with Gasteiger partial charge in [0, 0.05) is 12.2 Å². The van der Waals surface area contributed by atoms with Crippen LogP contribution in [0.1, 0.15) is 19.4 Å². The molecule has 0 atom stereocenters. The van der Waals surface area contributed by atoms with Crippen molar-refractivity contribution in [1.82, 2.24) is 5.32 Å². The number of hydrogen-bond donors (Lipinski definition) is 3. The van der Waals surface area contributed by atoms with Gasteiger partial charge in [0.15, 0.2) is 0 Å². The van der Waals surface area contributed by atoms with Crippen molar-refractivity contribution in [2.75, 3.05) is 11.9 Å². The van der Waals surface area contributed by atoms with E-state index in [0.29, 0.717) is 17.9 Å². The van der Waals surface area contributed by atoms with Crippen molar-refractivity contribution in [2.45, 2.75) is 13.8 Å². The Hall–Kier alpha value is -2.04. The summed E-state index contributed by atoms with van der Waals surface area (Å²) in [7, 11) is 0. The largest absolute Gasteiger partial charge is 0.411 e. The Morgan fingerprint density at radius 3 is 2.50 bits per heavy atom. The molecule has 0 spiro atoms. The van der Waals surface area contributed by atoms with Gasteiger partial charge in [-0.05, 0) is 31.5 Å². The SMILES string of the molecule is CCNC(=O)Nc1ccc(/C(C)=N/O)cc1. The fraction of sp³-hybridized carbons (Fsp3) is 0.273. The quantitative estimate of drug-likeness (QED) is 0.415. The molecule has 0 aliphatic carbocycles. The molecule has 0 saturated heterocycles. The standard InChI is InChI=1S/C11H15N3O2/c1-3-12-11(15)13-10-6-4-9(5-7-10)8(2)14-16/h4-7,16H,3H2,1-2H3,(H2,12,13,15)/b14-8+. The number of hydrogen-bond acceptors (Lipinski definition) is 3. The van der Waals surface area contributed by atoms with Crippen molar-refractivity contribution in [3.05, 3.63) is 29.8 Å². The Balaban J connectivity index is 2.68. The Bertz CT molecular complexity index is 385. The van der Waals surface area contributed by atoms with Gasteiger partial charge in [-0.1, -0.05) is 17.3 Å². The molecular weight excluding hydrogens is 206 g/mol. The van der Waals surface area contributed by atoms with Crippen LogP contribution in [-0.4, -0.2) is 23.5 Å².